The van der Waals surface area contributed by atoms with Crippen LogP contribution in [0.2, 0.25) is 0 Å². The molecule has 1 aliphatic rings. The Hall–Kier alpha value is -3.05. The van der Waals surface area contributed by atoms with Crippen LogP contribution in [-0.4, -0.2) is 37.3 Å². The van der Waals surface area contributed by atoms with Crippen molar-refractivity contribution < 1.29 is 17.9 Å². The Balaban J connectivity index is 1.59. The average molecular weight is 480 g/mol. The topological polar surface area (TPSA) is 12.5 Å². The van der Waals surface area contributed by atoms with E-state index in [1.54, 1.807) is 72.8 Å². The largest absolute Gasteiger partial charge is 0.492 e. The minimum Gasteiger partial charge on any atom is -0.492 e. The summed E-state index contributed by atoms with van der Waals surface area (Å²) in [6.45, 7) is 3.64. The molecule has 1 aliphatic heterocycles. The van der Waals surface area contributed by atoms with Crippen molar-refractivity contribution in [3.05, 3.63) is 102 Å². The summed E-state index contributed by atoms with van der Waals surface area (Å²) in [6, 6.07) is 23.8. The zero-order chi connectivity index (χ0) is 24.5. The number of hydrogen-bond acceptors (Lipinski definition) is 2. The van der Waals surface area contributed by atoms with E-state index in [9.17, 15) is 13.2 Å². The summed E-state index contributed by atoms with van der Waals surface area (Å²) in [5.74, 6) is 0.668. The van der Waals surface area contributed by atoms with Crippen LogP contribution in [0, 0.1) is 0 Å². The number of alkyl halides is 3. The maximum Gasteiger partial charge on any atom is 0.417 e. The Bertz CT molecular complexity index is 1070. The van der Waals surface area contributed by atoms with Gasteiger partial charge in [-0.05, 0) is 54.8 Å². The highest BCUT2D eigenvalue weighted by atomic mass is 19.4. The molecule has 0 N–H and O–H groups in total. The molecule has 0 atom stereocenters. The summed E-state index contributed by atoms with van der Waals surface area (Å²) in [7, 11) is 0. The first-order valence-corrected chi connectivity index (χ1v) is 12.4. The van der Waals surface area contributed by atoms with E-state index in [0.717, 1.165) is 19.6 Å². The van der Waals surface area contributed by atoms with E-state index in [1.807, 2.05) is 0 Å². The van der Waals surface area contributed by atoms with Crippen LogP contribution in [0.5, 0.6) is 5.75 Å². The number of allylic oxidation sites excluding steroid dienone is 1. The minimum absolute atomic E-state index is 0.146. The average Bonchev–Trinajstić information content (AvgIpc) is 2.84. The van der Waals surface area contributed by atoms with Gasteiger partial charge in [-0.1, -0.05) is 92.1 Å². The van der Waals surface area contributed by atoms with Gasteiger partial charge in [0.05, 0.1) is 5.57 Å². The highest BCUT2D eigenvalue weighted by molar-refractivity contribution is 6.00. The number of nitrogens with zero attached hydrogens (tertiary/aromatic N) is 1. The lowest BCUT2D eigenvalue weighted by Crippen LogP contribution is -2.31. The maximum atomic E-state index is 14.4. The Kier molecular flexibility index (Phi) is 8.64. The number of benzene rings is 3. The van der Waals surface area contributed by atoms with Crippen molar-refractivity contribution in [3.8, 4) is 5.75 Å². The van der Waals surface area contributed by atoms with E-state index in [1.165, 1.54) is 44.2 Å². The molecule has 1 heterocycles. The van der Waals surface area contributed by atoms with Gasteiger partial charge in [0.2, 0.25) is 0 Å². The zero-order valence-electron chi connectivity index (χ0n) is 19.9. The van der Waals surface area contributed by atoms with Gasteiger partial charge >= 0.3 is 6.18 Å². The molecule has 2 nitrogen and oxygen atoms in total. The van der Waals surface area contributed by atoms with Crippen molar-refractivity contribution in [1.82, 2.24) is 4.90 Å². The highest BCUT2D eigenvalue weighted by Gasteiger charge is 2.38. The summed E-state index contributed by atoms with van der Waals surface area (Å²) in [5.41, 5.74) is 0.692. The van der Waals surface area contributed by atoms with Gasteiger partial charge in [-0.2, -0.15) is 13.2 Å². The normalized spacial score (nSPS) is 16.2. The van der Waals surface area contributed by atoms with Crippen LogP contribution < -0.4 is 4.74 Å². The molecule has 4 rings (SSSR count). The van der Waals surface area contributed by atoms with Crippen LogP contribution in [-0.2, 0) is 0 Å². The standard InChI is InChI=1S/C30H32F3NO/c31-30(32,33)29(26-14-8-5-9-15-26)28(24-12-6-4-7-13-24)25-16-18-27(19-17-25)35-23-22-34-20-10-2-1-3-11-21-34/h4-9,12-19H,1-3,10-11,20-23H2/b29-28+. The van der Waals surface area contributed by atoms with Crippen molar-refractivity contribution >= 4 is 11.1 Å². The third-order valence-corrected chi connectivity index (χ3v) is 6.43. The summed E-state index contributed by atoms with van der Waals surface area (Å²) in [5, 5.41) is 0. The molecule has 3 aromatic rings. The monoisotopic (exact) mass is 479 g/mol. The first-order valence-electron chi connectivity index (χ1n) is 12.4. The number of likely N-dealkylation sites (tertiary alicyclic amines) is 1. The Labute approximate surface area is 206 Å². The van der Waals surface area contributed by atoms with E-state index in [4.69, 9.17) is 4.74 Å². The molecule has 0 saturated carbocycles. The Morgan fingerprint density at radius 2 is 1.17 bits per heavy atom. The van der Waals surface area contributed by atoms with Crippen LogP contribution in [0.4, 0.5) is 13.2 Å². The number of halogens is 3. The summed E-state index contributed by atoms with van der Waals surface area (Å²) >= 11 is 0. The number of rotatable bonds is 7. The van der Waals surface area contributed by atoms with Gasteiger partial charge in [-0.3, -0.25) is 4.90 Å². The molecule has 35 heavy (non-hydrogen) atoms. The van der Waals surface area contributed by atoms with E-state index in [0.29, 0.717) is 23.5 Å². The molecule has 0 aliphatic carbocycles. The van der Waals surface area contributed by atoms with Crippen LogP contribution in [0.25, 0.3) is 11.1 Å². The summed E-state index contributed by atoms with van der Waals surface area (Å²) in [4.78, 5) is 2.44. The van der Waals surface area contributed by atoms with Gasteiger partial charge in [0.15, 0.2) is 0 Å². The van der Waals surface area contributed by atoms with Crippen molar-refractivity contribution in [2.45, 2.75) is 38.3 Å². The summed E-state index contributed by atoms with van der Waals surface area (Å²) < 4.78 is 49.2. The molecule has 0 radical (unpaired) electrons. The molecule has 1 fully saturated rings. The van der Waals surface area contributed by atoms with Crippen molar-refractivity contribution in [2.75, 3.05) is 26.2 Å². The molecule has 3 aromatic carbocycles. The van der Waals surface area contributed by atoms with Gasteiger partial charge < -0.3 is 4.74 Å². The lowest BCUT2D eigenvalue weighted by molar-refractivity contribution is -0.0685. The second-order valence-electron chi connectivity index (χ2n) is 8.96. The lowest BCUT2D eigenvalue weighted by Gasteiger charge is -2.24. The molecular formula is C30H32F3NO. The van der Waals surface area contributed by atoms with E-state index in [2.05, 4.69) is 4.90 Å². The van der Waals surface area contributed by atoms with Crippen LogP contribution >= 0.6 is 0 Å². The van der Waals surface area contributed by atoms with Gasteiger partial charge in [0.25, 0.3) is 0 Å². The Morgan fingerprint density at radius 1 is 0.657 bits per heavy atom. The quantitative estimate of drug-likeness (QED) is 0.320. The van der Waals surface area contributed by atoms with Crippen molar-refractivity contribution in [3.63, 3.8) is 0 Å². The van der Waals surface area contributed by atoms with Crippen LogP contribution in [0.1, 0.15) is 48.8 Å². The van der Waals surface area contributed by atoms with Crippen LogP contribution in [0.3, 0.4) is 0 Å². The van der Waals surface area contributed by atoms with Gasteiger partial charge in [-0.15, -0.1) is 0 Å². The van der Waals surface area contributed by atoms with Crippen molar-refractivity contribution in [1.29, 1.82) is 0 Å². The van der Waals surface area contributed by atoms with E-state index < -0.39 is 11.7 Å². The molecule has 0 unspecified atom stereocenters. The molecule has 0 amide bonds. The van der Waals surface area contributed by atoms with Crippen molar-refractivity contribution in [2.24, 2.45) is 0 Å². The lowest BCUT2D eigenvalue weighted by atomic mass is 9.89. The first-order chi connectivity index (χ1) is 17.0. The molecule has 1 saturated heterocycles. The van der Waals surface area contributed by atoms with Crippen LogP contribution in [0.15, 0.2) is 84.9 Å². The van der Waals surface area contributed by atoms with E-state index in [-0.39, 0.29) is 11.1 Å². The predicted octanol–water partition coefficient (Wildman–Crippen LogP) is 7.85. The fraction of sp³-hybridized carbons (Fsp3) is 0.333. The fourth-order valence-corrected chi connectivity index (χ4v) is 4.66. The molecule has 0 spiro atoms. The number of ether oxygens (including phenoxy) is 1. The number of hydrogen-bond donors (Lipinski definition) is 0. The second-order valence-corrected chi connectivity index (χ2v) is 8.96. The smallest absolute Gasteiger partial charge is 0.417 e. The first kappa shape index (κ1) is 25.1. The molecule has 5 heteroatoms. The molecule has 184 valence electrons. The predicted molar refractivity (Wildman–Crippen MR) is 136 cm³/mol. The van der Waals surface area contributed by atoms with E-state index >= 15 is 0 Å². The van der Waals surface area contributed by atoms with Gasteiger partial charge in [0.1, 0.15) is 12.4 Å². The minimum atomic E-state index is -4.52. The van der Waals surface area contributed by atoms with Gasteiger partial charge in [0, 0.05) is 12.1 Å². The third-order valence-electron chi connectivity index (χ3n) is 6.43. The maximum absolute atomic E-state index is 14.4. The SMILES string of the molecule is FC(F)(F)/C(=C(\c1ccccc1)c1ccc(OCCN2CCCCCCC2)cc1)c1ccccc1. The highest BCUT2D eigenvalue weighted by Crippen LogP contribution is 2.42. The second kappa shape index (κ2) is 12.1. The Morgan fingerprint density at radius 3 is 1.74 bits per heavy atom. The fourth-order valence-electron chi connectivity index (χ4n) is 4.66. The zero-order valence-corrected chi connectivity index (χ0v) is 19.9. The molecular weight excluding hydrogens is 447 g/mol. The third kappa shape index (κ3) is 6.98. The molecule has 0 bridgehead atoms. The van der Waals surface area contributed by atoms with Gasteiger partial charge in [-0.25, -0.2) is 0 Å². The summed E-state index contributed by atoms with van der Waals surface area (Å²) in [6.07, 6.45) is 1.85. The molecule has 0 aromatic heterocycles.